The molecule has 6 fully saturated rings. The maximum absolute atomic E-state index is 15.1. The summed E-state index contributed by atoms with van der Waals surface area (Å²) in [5.74, 6) is 3.00. The van der Waals surface area contributed by atoms with Gasteiger partial charge in [-0.1, -0.05) is 55.8 Å². The largest absolute Gasteiger partial charge is 0.377 e. The fraction of sp³-hybridized carbons (Fsp3) is 0.767. The molecule has 8 rings (SSSR count). The summed E-state index contributed by atoms with van der Waals surface area (Å²) >= 11 is 3.83. The molecular weight excluding hydrogens is 695 g/mol. The second-order valence-electron chi connectivity index (χ2n) is 18.9. The molecule has 7 heteroatoms. The number of allylic oxidation sites excluding steroid dienone is 2. The van der Waals surface area contributed by atoms with Gasteiger partial charge in [-0.2, -0.15) is 0 Å². The summed E-state index contributed by atoms with van der Waals surface area (Å²) < 4.78 is 14.7. The third-order valence-electron chi connectivity index (χ3n) is 17.3. The minimum Gasteiger partial charge on any atom is -0.377 e. The number of alkyl halides is 2. The summed E-state index contributed by atoms with van der Waals surface area (Å²) in [6.07, 6.45) is 14.7. The summed E-state index contributed by atoms with van der Waals surface area (Å²) in [5, 5.41) is 11.3. The molecule has 0 amide bonds. The van der Waals surface area contributed by atoms with E-state index < -0.39 is 16.1 Å². The Bertz CT molecular complexity index is 1610. The average molecular weight is 754 g/mol. The molecule has 8 aliphatic rings. The van der Waals surface area contributed by atoms with E-state index in [9.17, 15) is 24.3 Å². The Morgan fingerprint density at radius 1 is 0.760 bits per heavy atom. The highest BCUT2D eigenvalue weighted by Crippen LogP contribution is 2.71. The maximum atomic E-state index is 15.1. The highest BCUT2D eigenvalue weighted by Gasteiger charge is 2.68. The highest BCUT2D eigenvalue weighted by atomic mass is 79.9. The maximum Gasteiger partial charge on any atom is 0.166 e. The first-order chi connectivity index (χ1) is 23.3. The van der Waals surface area contributed by atoms with Crippen LogP contribution in [-0.2, 0) is 19.2 Å². The zero-order chi connectivity index (χ0) is 36.4. The van der Waals surface area contributed by atoms with E-state index in [0.717, 1.165) is 81.8 Å². The lowest BCUT2D eigenvalue weighted by Crippen LogP contribution is -2.57. The molecule has 0 bridgehead atoms. The van der Waals surface area contributed by atoms with Gasteiger partial charge < -0.3 is 5.11 Å². The first kappa shape index (κ1) is 36.6. The van der Waals surface area contributed by atoms with E-state index in [1.807, 2.05) is 6.08 Å². The third kappa shape index (κ3) is 4.75. The van der Waals surface area contributed by atoms with Crippen LogP contribution in [0.3, 0.4) is 0 Å². The summed E-state index contributed by atoms with van der Waals surface area (Å²) in [5.41, 5.74) is 0.958. The van der Waals surface area contributed by atoms with Crippen molar-refractivity contribution in [3.8, 4) is 0 Å². The van der Waals surface area contributed by atoms with Crippen LogP contribution >= 0.6 is 15.9 Å². The molecule has 0 aromatic rings. The number of ketones is 4. The zero-order valence-corrected chi connectivity index (χ0v) is 32.7. The van der Waals surface area contributed by atoms with Crippen LogP contribution in [0.5, 0.6) is 0 Å². The van der Waals surface area contributed by atoms with Crippen LogP contribution in [0.25, 0.3) is 0 Å². The number of carbonyl (C=O) groups excluding carboxylic acids is 4. The van der Waals surface area contributed by atoms with Crippen molar-refractivity contribution in [1.29, 1.82) is 0 Å². The van der Waals surface area contributed by atoms with Gasteiger partial charge in [-0.05, 0) is 166 Å². The van der Waals surface area contributed by atoms with Gasteiger partial charge in [0.1, 0.15) is 17.6 Å². The first-order valence-electron chi connectivity index (χ1n) is 19.5. The number of halogens is 2. The molecule has 13 atom stereocenters. The van der Waals surface area contributed by atoms with E-state index >= 15 is 4.39 Å². The van der Waals surface area contributed by atoms with Crippen LogP contribution < -0.4 is 0 Å². The van der Waals surface area contributed by atoms with Gasteiger partial charge in [0.25, 0.3) is 0 Å². The summed E-state index contributed by atoms with van der Waals surface area (Å²) in [7, 11) is 0. The molecule has 274 valence electrons. The Morgan fingerprint density at radius 2 is 1.34 bits per heavy atom. The molecule has 0 aromatic heterocycles. The highest BCUT2D eigenvalue weighted by molar-refractivity contribution is 9.10. The fourth-order valence-electron chi connectivity index (χ4n) is 14.3. The lowest BCUT2D eigenvalue weighted by Gasteiger charge is -2.59. The van der Waals surface area contributed by atoms with Crippen LogP contribution in [0.2, 0.25) is 0 Å². The molecule has 6 saturated carbocycles. The Labute approximate surface area is 306 Å². The Balaban J connectivity index is 0.000000157. The van der Waals surface area contributed by atoms with Crippen LogP contribution in [0.15, 0.2) is 35.5 Å². The minimum atomic E-state index is -1.36. The van der Waals surface area contributed by atoms with Crippen molar-refractivity contribution in [3.05, 3.63) is 35.5 Å². The predicted molar refractivity (Wildman–Crippen MR) is 196 cm³/mol. The molecule has 1 N–H and O–H groups in total. The molecule has 0 heterocycles. The van der Waals surface area contributed by atoms with Crippen LogP contribution in [0.1, 0.15) is 131 Å². The van der Waals surface area contributed by atoms with Gasteiger partial charge in [0.05, 0.1) is 4.32 Å². The van der Waals surface area contributed by atoms with E-state index in [0.29, 0.717) is 54.8 Å². The van der Waals surface area contributed by atoms with Crippen LogP contribution in [0, 0.1) is 57.2 Å². The van der Waals surface area contributed by atoms with Crippen molar-refractivity contribution in [2.24, 2.45) is 57.2 Å². The molecule has 50 heavy (non-hydrogen) atoms. The molecule has 0 unspecified atom stereocenters. The molecule has 0 aliphatic heterocycles. The van der Waals surface area contributed by atoms with E-state index in [2.05, 4.69) is 50.2 Å². The molecule has 5 nitrogen and oxygen atoms in total. The number of rotatable bonds is 2. The van der Waals surface area contributed by atoms with Gasteiger partial charge >= 0.3 is 0 Å². The molecule has 8 aliphatic carbocycles. The number of hydrogen-bond donors (Lipinski definition) is 1. The number of aliphatic hydroxyl groups is 1. The molecule has 0 aromatic carbocycles. The number of Topliss-reactive ketones (excluding diaryl/α,β-unsaturated/α-hetero) is 2. The Hall–Kier alpha value is -1.73. The van der Waals surface area contributed by atoms with Crippen molar-refractivity contribution in [3.63, 3.8) is 0 Å². The van der Waals surface area contributed by atoms with Gasteiger partial charge in [0.2, 0.25) is 0 Å². The molecule has 0 radical (unpaired) electrons. The van der Waals surface area contributed by atoms with Crippen LogP contribution in [-0.4, -0.2) is 44.3 Å². The van der Waals surface area contributed by atoms with Gasteiger partial charge in [0.15, 0.2) is 17.3 Å². The monoisotopic (exact) mass is 752 g/mol. The van der Waals surface area contributed by atoms with Gasteiger partial charge in [-0.25, -0.2) is 4.39 Å². The number of fused-ring (bicyclic) bond motifs is 10. The zero-order valence-electron chi connectivity index (χ0n) is 31.1. The molecular formula is C43H58BrFO5. The van der Waals surface area contributed by atoms with E-state index in [4.69, 9.17) is 0 Å². The lowest BCUT2D eigenvalue weighted by atomic mass is 9.46. The van der Waals surface area contributed by atoms with Crippen molar-refractivity contribution in [2.45, 2.75) is 148 Å². The average Bonchev–Trinajstić information content (AvgIpc) is 3.46. The Morgan fingerprint density at radius 3 is 1.98 bits per heavy atom. The van der Waals surface area contributed by atoms with Crippen molar-refractivity contribution < 1.29 is 28.7 Å². The Kier molecular flexibility index (Phi) is 8.71. The van der Waals surface area contributed by atoms with E-state index in [1.54, 1.807) is 13.0 Å². The molecule has 0 saturated heterocycles. The summed E-state index contributed by atoms with van der Waals surface area (Å²) in [6, 6.07) is 0. The SMILES string of the molecule is C=C1C[C@H]2[C@@H]3CCC4=CC(=O)CC[C@]4(C)[C@H]3CC[C@]2(C)[C@@]1(O)C(C)=O.CC(=O)[C@]1(Br)CC[C@H]2[C@@H]3C[C@H](F)C4=CC(=O)CC[C@]4(C)[C@H]3CC[C@@]21C. The summed E-state index contributed by atoms with van der Waals surface area (Å²) in [6.45, 7) is 16.2. The van der Waals surface area contributed by atoms with Crippen molar-refractivity contribution in [1.82, 2.24) is 0 Å². The molecule has 0 spiro atoms. The summed E-state index contributed by atoms with van der Waals surface area (Å²) in [4.78, 5) is 48.6. The fourth-order valence-corrected chi connectivity index (χ4v) is 15.0. The quantitative estimate of drug-likeness (QED) is 0.225. The standard InChI is InChI=1S/C22H30O3.C21H28BrFO2/c1-13-11-19-17-6-5-15-12-16(24)7-9-20(15,3)18(17)8-10-21(19,4)22(13,25)14(2)23;1-12(24)21(22)9-6-16-14-11-18(23)17-10-13(25)4-7-19(17,2)15(14)5-8-20(16,21)3/h12,17-19,25H,1,5-11H2,2-4H3;10,14-16,18H,4-9,11H2,1-3H3/t17-,18+,19+,20+,21+,22+;14-,15+,16+,18+,19-,20+,21-/m11/s1. The second kappa shape index (κ2) is 11.9. The van der Waals surface area contributed by atoms with Gasteiger partial charge in [-0.15, -0.1) is 0 Å². The topological polar surface area (TPSA) is 88.5 Å². The van der Waals surface area contributed by atoms with E-state index in [-0.39, 0.29) is 44.8 Å². The first-order valence-corrected chi connectivity index (χ1v) is 20.3. The van der Waals surface area contributed by atoms with Gasteiger partial charge in [-0.3, -0.25) is 19.2 Å². The smallest absolute Gasteiger partial charge is 0.166 e. The minimum absolute atomic E-state index is 0.0816. The van der Waals surface area contributed by atoms with Gasteiger partial charge in [0, 0.05) is 18.3 Å². The lowest BCUT2D eigenvalue weighted by molar-refractivity contribution is -0.154. The van der Waals surface area contributed by atoms with E-state index in [1.165, 1.54) is 12.5 Å². The number of carbonyl (C=O) groups is 4. The van der Waals surface area contributed by atoms with Crippen molar-refractivity contribution >= 4 is 39.1 Å². The number of hydrogen-bond acceptors (Lipinski definition) is 5. The predicted octanol–water partition coefficient (Wildman–Crippen LogP) is 9.19. The second-order valence-corrected chi connectivity index (χ2v) is 20.3. The normalized spacial score (nSPS) is 50.6. The van der Waals surface area contributed by atoms with Crippen molar-refractivity contribution in [2.75, 3.05) is 0 Å². The third-order valence-corrected chi connectivity index (χ3v) is 19.1. The van der Waals surface area contributed by atoms with Crippen LogP contribution in [0.4, 0.5) is 4.39 Å².